The van der Waals surface area contributed by atoms with E-state index in [1.54, 1.807) is 0 Å². The molecule has 5 rings (SSSR count). The van der Waals surface area contributed by atoms with Gasteiger partial charge in [0.05, 0.1) is 5.39 Å². The van der Waals surface area contributed by atoms with Crippen molar-refractivity contribution in [3.05, 3.63) is 33.7 Å². The largest absolute Gasteiger partial charge is 0.352 e. The molecular weight excluding hydrogens is 368 g/mol. The maximum atomic E-state index is 4.90. The van der Waals surface area contributed by atoms with Crippen LogP contribution in [0.1, 0.15) is 40.5 Å². The van der Waals surface area contributed by atoms with E-state index in [9.17, 15) is 0 Å². The molecule has 7 heteroatoms. The van der Waals surface area contributed by atoms with Crippen LogP contribution in [0.3, 0.4) is 0 Å². The zero-order valence-corrected chi connectivity index (χ0v) is 17.6. The van der Waals surface area contributed by atoms with Crippen LogP contribution in [0.5, 0.6) is 0 Å². The number of piperazine rings is 1. The van der Waals surface area contributed by atoms with Crippen LogP contribution in [0.2, 0.25) is 0 Å². The average Bonchev–Trinajstić information content (AvgIpc) is 3.05. The number of rotatable bonds is 2. The third-order valence-electron chi connectivity index (χ3n) is 5.74. The van der Waals surface area contributed by atoms with Crippen molar-refractivity contribution in [1.29, 1.82) is 0 Å². The summed E-state index contributed by atoms with van der Waals surface area (Å²) < 4.78 is 0. The van der Waals surface area contributed by atoms with Crippen molar-refractivity contribution in [3.63, 3.8) is 0 Å². The Hall–Kier alpha value is -2.28. The fraction of sp³-hybridized carbons (Fsp3) is 0.524. The lowest BCUT2D eigenvalue weighted by Gasteiger charge is -2.36. The van der Waals surface area contributed by atoms with Crippen LogP contribution in [0.25, 0.3) is 10.2 Å². The summed E-state index contributed by atoms with van der Waals surface area (Å²) in [4.78, 5) is 26.4. The molecule has 0 aromatic carbocycles. The quantitative estimate of drug-likeness (QED) is 0.662. The summed E-state index contributed by atoms with van der Waals surface area (Å²) in [7, 11) is 0. The smallest absolute Gasteiger partial charge is 0.225 e. The van der Waals surface area contributed by atoms with Crippen LogP contribution >= 0.6 is 11.3 Å². The molecule has 2 aliphatic rings. The lowest BCUT2D eigenvalue weighted by atomic mass is 9.97. The van der Waals surface area contributed by atoms with Crippen LogP contribution in [-0.2, 0) is 12.8 Å². The molecule has 0 radical (unpaired) electrons. The van der Waals surface area contributed by atoms with Gasteiger partial charge in [0.25, 0.3) is 0 Å². The molecule has 0 bridgehead atoms. The minimum absolute atomic E-state index is 0.856. The predicted molar refractivity (Wildman–Crippen MR) is 115 cm³/mol. The first-order valence-electron chi connectivity index (χ1n) is 10.2. The number of thiophene rings is 1. The molecule has 0 amide bonds. The minimum Gasteiger partial charge on any atom is -0.352 e. The van der Waals surface area contributed by atoms with Gasteiger partial charge in [-0.1, -0.05) is 0 Å². The Morgan fingerprint density at radius 1 is 0.821 bits per heavy atom. The highest BCUT2D eigenvalue weighted by Crippen LogP contribution is 2.40. The monoisotopic (exact) mass is 394 g/mol. The summed E-state index contributed by atoms with van der Waals surface area (Å²) in [5.74, 6) is 2.87. The van der Waals surface area contributed by atoms with E-state index in [0.717, 1.165) is 55.2 Å². The van der Waals surface area contributed by atoms with E-state index in [1.807, 2.05) is 38.2 Å². The molecule has 146 valence electrons. The fourth-order valence-electron chi connectivity index (χ4n) is 4.44. The Balaban J connectivity index is 1.45. The summed E-state index contributed by atoms with van der Waals surface area (Å²) >= 11 is 1.88. The Kier molecular flexibility index (Phi) is 4.42. The number of aryl methyl sites for hydroxylation is 5. The SMILES string of the molecule is Cc1cc(C)nc(N2CCN(c3nc(C)nc4sc5c(c34)CCCC5)CC2)n1. The Labute approximate surface area is 169 Å². The molecule has 1 fully saturated rings. The van der Waals surface area contributed by atoms with Gasteiger partial charge >= 0.3 is 0 Å². The Morgan fingerprint density at radius 2 is 1.50 bits per heavy atom. The second-order valence-electron chi connectivity index (χ2n) is 7.91. The van der Waals surface area contributed by atoms with Crippen LogP contribution < -0.4 is 9.80 Å². The summed E-state index contributed by atoms with van der Waals surface area (Å²) in [6.45, 7) is 9.79. The molecule has 1 saturated heterocycles. The van der Waals surface area contributed by atoms with Crippen LogP contribution in [0, 0.1) is 20.8 Å². The molecule has 0 N–H and O–H groups in total. The van der Waals surface area contributed by atoms with Crippen molar-refractivity contribution in [3.8, 4) is 0 Å². The highest BCUT2D eigenvalue weighted by Gasteiger charge is 2.26. The molecule has 3 aromatic rings. The second kappa shape index (κ2) is 6.95. The van der Waals surface area contributed by atoms with E-state index in [1.165, 1.54) is 46.3 Å². The molecule has 0 atom stereocenters. The standard InChI is InChI=1S/C21H26N6S/c1-13-12-14(2)23-21(22-13)27-10-8-26(9-11-27)19-18-16-6-4-5-7-17(16)28-20(18)25-15(3)24-19/h12H,4-11H2,1-3H3. The fourth-order valence-corrected chi connectivity index (χ4v) is 5.74. The third kappa shape index (κ3) is 3.11. The van der Waals surface area contributed by atoms with Gasteiger partial charge in [0.15, 0.2) is 0 Å². The zero-order valence-electron chi connectivity index (χ0n) is 16.8. The van der Waals surface area contributed by atoms with Crippen molar-refractivity contribution in [1.82, 2.24) is 19.9 Å². The second-order valence-corrected chi connectivity index (χ2v) is 8.99. The lowest BCUT2D eigenvalue weighted by molar-refractivity contribution is 0.633. The van der Waals surface area contributed by atoms with E-state index in [0.29, 0.717) is 0 Å². The van der Waals surface area contributed by atoms with Crippen molar-refractivity contribution in [2.75, 3.05) is 36.0 Å². The number of nitrogens with zero attached hydrogens (tertiary/aromatic N) is 6. The van der Waals surface area contributed by atoms with Gasteiger partial charge in [-0.25, -0.2) is 19.9 Å². The molecule has 0 unspecified atom stereocenters. The lowest BCUT2D eigenvalue weighted by Crippen LogP contribution is -2.47. The predicted octanol–water partition coefficient (Wildman–Crippen LogP) is 3.61. The number of hydrogen-bond acceptors (Lipinski definition) is 7. The molecule has 3 aromatic heterocycles. The van der Waals surface area contributed by atoms with Gasteiger partial charge in [-0.2, -0.15) is 0 Å². The first kappa shape index (κ1) is 17.8. The van der Waals surface area contributed by atoms with Gasteiger partial charge in [-0.3, -0.25) is 0 Å². The van der Waals surface area contributed by atoms with Gasteiger partial charge in [0.2, 0.25) is 5.95 Å². The third-order valence-corrected chi connectivity index (χ3v) is 6.93. The first-order valence-corrected chi connectivity index (χ1v) is 11.0. The Bertz CT molecular complexity index is 1010. The van der Waals surface area contributed by atoms with Gasteiger partial charge in [-0.05, 0) is 58.1 Å². The number of hydrogen-bond donors (Lipinski definition) is 0. The highest BCUT2D eigenvalue weighted by molar-refractivity contribution is 7.19. The summed E-state index contributed by atoms with van der Waals surface area (Å²) in [5.41, 5.74) is 3.58. The van der Waals surface area contributed by atoms with Crippen molar-refractivity contribution in [2.45, 2.75) is 46.5 Å². The highest BCUT2D eigenvalue weighted by atomic mass is 32.1. The molecular formula is C21H26N6S. The molecule has 1 aliphatic heterocycles. The Morgan fingerprint density at radius 3 is 2.25 bits per heavy atom. The van der Waals surface area contributed by atoms with E-state index in [-0.39, 0.29) is 0 Å². The van der Waals surface area contributed by atoms with E-state index < -0.39 is 0 Å². The molecule has 6 nitrogen and oxygen atoms in total. The van der Waals surface area contributed by atoms with E-state index >= 15 is 0 Å². The summed E-state index contributed by atoms with van der Waals surface area (Å²) in [6, 6.07) is 2.03. The average molecular weight is 395 g/mol. The molecule has 0 saturated carbocycles. The number of anilines is 2. The van der Waals surface area contributed by atoms with E-state index in [4.69, 9.17) is 9.97 Å². The van der Waals surface area contributed by atoms with Gasteiger partial charge in [0, 0.05) is 42.4 Å². The zero-order chi connectivity index (χ0) is 19.3. The van der Waals surface area contributed by atoms with Crippen molar-refractivity contribution >= 4 is 33.3 Å². The summed E-state index contributed by atoms with van der Waals surface area (Å²) in [5, 5.41) is 1.32. The maximum Gasteiger partial charge on any atom is 0.225 e. The number of aromatic nitrogens is 4. The summed E-state index contributed by atoms with van der Waals surface area (Å²) in [6.07, 6.45) is 4.96. The normalized spacial score (nSPS) is 17.2. The first-order chi connectivity index (χ1) is 13.6. The molecule has 0 spiro atoms. The van der Waals surface area contributed by atoms with Crippen LogP contribution in [0.4, 0.5) is 11.8 Å². The molecule has 28 heavy (non-hydrogen) atoms. The van der Waals surface area contributed by atoms with Crippen molar-refractivity contribution < 1.29 is 0 Å². The maximum absolute atomic E-state index is 4.90. The minimum atomic E-state index is 0.856. The van der Waals surface area contributed by atoms with Crippen LogP contribution in [-0.4, -0.2) is 46.1 Å². The van der Waals surface area contributed by atoms with Crippen LogP contribution in [0.15, 0.2) is 6.07 Å². The number of fused-ring (bicyclic) bond motifs is 3. The topological polar surface area (TPSA) is 58.0 Å². The van der Waals surface area contributed by atoms with Gasteiger partial charge in [-0.15, -0.1) is 11.3 Å². The van der Waals surface area contributed by atoms with Crippen molar-refractivity contribution in [2.24, 2.45) is 0 Å². The van der Waals surface area contributed by atoms with Gasteiger partial charge < -0.3 is 9.80 Å². The molecule has 1 aliphatic carbocycles. The molecule has 4 heterocycles. The van der Waals surface area contributed by atoms with E-state index in [2.05, 4.69) is 19.8 Å². The van der Waals surface area contributed by atoms with Gasteiger partial charge in [0.1, 0.15) is 16.5 Å².